The number of nitrogens with zero attached hydrogens (tertiary/aromatic N) is 1. The highest BCUT2D eigenvalue weighted by atomic mass is 35.5. The summed E-state index contributed by atoms with van der Waals surface area (Å²) in [5.41, 5.74) is 1.45. The summed E-state index contributed by atoms with van der Waals surface area (Å²) in [6.45, 7) is 2.76. The summed E-state index contributed by atoms with van der Waals surface area (Å²) in [7, 11) is 0. The van der Waals surface area contributed by atoms with E-state index in [2.05, 4.69) is 6.92 Å². The molecule has 1 heterocycles. The van der Waals surface area contributed by atoms with Crippen molar-refractivity contribution in [3.8, 4) is 0 Å². The molecule has 0 aromatic heterocycles. The second-order valence-electron chi connectivity index (χ2n) is 10.5. The molecule has 1 saturated heterocycles. The van der Waals surface area contributed by atoms with Crippen molar-refractivity contribution in [2.45, 2.75) is 103 Å². The molecule has 0 spiro atoms. The van der Waals surface area contributed by atoms with E-state index in [1.165, 1.54) is 70.6 Å². The second kappa shape index (κ2) is 16.4. The molecule has 206 valence electrons. The number of carbonyl (C=O) groups excluding carboxylic acids is 2. The van der Waals surface area contributed by atoms with Gasteiger partial charge in [-0.1, -0.05) is 132 Å². The van der Waals surface area contributed by atoms with Crippen molar-refractivity contribution >= 4 is 29.1 Å². The first-order chi connectivity index (χ1) is 18.5. The molecule has 1 fully saturated rings. The zero-order valence-corrected chi connectivity index (χ0v) is 23.7. The minimum Gasteiger partial charge on any atom is -0.507 e. The molecule has 0 bridgehead atoms. The van der Waals surface area contributed by atoms with Gasteiger partial charge in [-0.25, -0.2) is 0 Å². The quantitative estimate of drug-likeness (QED) is 0.0946. The monoisotopic (exact) mass is 537 g/mol. The molecule has 2 aromatic rings. The topological polar surface area (TPSA) is 57.6 Å². The third kappa shape index (κ3) is 8.73. The van der Waals surface area contributed by atoms with Crippen molar-refractivity contribution in [1.29, 1.82) is 0 Å². The summed E-state index contributed by atoms with van der Waals surface area (Å²) in [6.07, 6.45) is 17.7. The Balaban J connectivity index is 1.49. The summed E-state index contributed by atoms with van der Waals surface area (Å²) < 4.78 is 0. The molecule has 4 nitrogen and oxygen atoms in total. The summed E-state index contributed by atoms with van der Waals surface area (Å²) in [5.74, 6) is -1.32. The molecule has 2 aromatic carbocycles. The van der Waals surface area contributed by atoms with Crippen LogP contribution in [-0.4, -0.2) is 28.2 Å². The van der Waals surface area contributed by atoms with Crippen molar-refractivity contribution in [2.75, 3.05) is 6.54 Å². The Morgan fingerprint density at radius 1 is 0.737 bits per heavy atom. The third-order valence-electron chi connectivity index (χ3n) is 7.53. The van der Waals surface area contributed by atoms with Crippen molar-refractivity contribution in [2.24, 2.45) is 0 Å². The van der Waals surface area contributed by atoms with Gasteiger partial charge < -0.3 is 10.0 Å². The summed E-state index contributed by atoms with van der Waals surface area (Å²) in [6, 6.07) is 15.6. The van der Waals surface area contributed by atoms with Gasteiger partial charge >= 0.3 is 0 Å². The van der Waals surface area contributed by atoms with E-state index in [1.54, 1.807) is 29.2 Å². The van der Waals surface area contributed by atoms with Crippen LogP contribution in [0.4, 0.5) is 0 Å². The number of halogens is 1. The molecular weight excluding hydrogens is 494 g/mol. The fourth-order valence-electron chi connectivity index (χ4n) is 5.33. The van der Waals surface area contributed by atoms with Gasteiger partial charge in [0.25, 0.3) is 11.7 Å². The summed E-state index contributed by atoms with van der Waals surface area (Å²) in [5, 5.41) is 11.6. The largest absolute Gasteiger partial charge is 0.507 e. The number of hydrogen-bond acceptors (Lipinski definition) is 3. The van der Waals surface area contributed by atoms with Crippen LogP contribution >= 0.6 is 11.6 Å². The van der Waals surface area contributed by atoms with Gasteiger partial charge in [-0.3, -0.25) is 9.59 Å². The Morgan fingerprint density at radius 3 is 1.76 bits per heavy atom. The van der Waals surface area contributed by atoms with E-state index in [9.17, 15) is 14.7 Å². The standard InChI is InChI=1S/C33H44ClNO3/c1-2-3-4-5-6-7-8-9-10-11-12-13-14-18-25-35-30(26-19-16-15-17-20-26)29(32(37)33(35)38)31(36)27-21-23-28(34)24-22-27/h15-17,19-24,30,36H,2-14,18,25H2,1H3/t30-/m1/s1. The molecule has 3 rings (SSSR count). The number of rotatable bonds is 17. The average molecular weight is 538 g/mol. The van der Waals surface area contributed by atoms with E-state index in [-0.39, 0.29) is 11.3 Å². The van der Waals surface area contributed by atoms with Crippen LogP contribution in [0.15, 0.2) is 60.2 Å². The van der Waals surface area contributed by atoms with Crippen LogP contribution in [0.2, 0.25) is 5.02 Å². The Bertz CT molecular complexity index is 1030. The highest BCUT2D eigenvalue weighted by Gasteiger charge is 2.45. The Hall–Kier alpha value is -2.59. The van der Waals surface area contributed by atoms with E-state index in [0.29, 0.717) is 17.1 Å². The lowest BCUT2D eigenvalue weighted by molar-refractivity contribution is -0.139. The molecule has 1 amide bonds. The van der Waals surface area contributed by atoms with E-state index < -0.39 is 17.7 Å². The average Bonchev–Trinajstić information content (AvgIpc) is 3.18. The number of aliphatic hydroxyl groups is 1. The van der Waals surface area contributed by atoms with Crippen LogP contribution in [0.1, 0.15) is 114 Å². The van der Waals surface area contributed by atoms with Crippen LogP contribution in [0.3, 0.4) is 0 Å². The van der Waals surface area contributed by atoms with Crippen LogP contribution in [0.5, 0.6) is 0 Å². The fraction of sp³-hybridized carbons (Fsp3) is 0.515. The highest BCUT2D eigenvalue weighted by molar-refractivity contribution is 6.46. The van der Waals surface area contributed by atoms with E-state index in [1.807, 2.05) is 30.3 Å². The normalized spacial score (nSPS) is 16.9. The molecule has 1 aliphatic rings. The van der Waals surface area contributed by atoms with E-state index >= 15 is 0 Å². The van der Waals surface area contributed by atoms with Crippen LogP contribution in [-0.2, 0) is 9.59 Å². The fourth-order valence-corrected chi connectivity index (χ4v) is 5.46. The SMILES string of the molecule is CCCCCCCCCCCCCCCCN1C(=O)C(=O)C(=C(O)c2ccc(Cl)cc2)[C@H]1c1ccccc1. The Kier molecular flexibility index (Phi) is 12.9. The molecule has 0 radical (unpaired) electrons. The van der Waals surface area contributed by atoms with Gasteiger partial charge in [0.15, 0.2) is 0 Å². The molecule has 5 heteroatoms. The number of hydrogen-bond donors (Lipinski definition) is 1. The predicted octanol–water partition coefficient (Wildman–Crippen LogP) is 9.24. The molecule has 1 N–H and O–H groups in total. The first kappa shape index (κ1) is 30.0. The number of ketones is 1. The molecular formula is C33H44ClNO3. The lowest BCUT2D eigenvalue weighted by atomic mass is 9.95. The maximum absolute atomic E-state index is 13.1. The van der Waals surface area contributed by atoms with Crippen LogP contribution in [0.25, 0.3) is 5.76 Å². The third-order valence-corrected chi connectivity index (χ3v) is 7.78. The Morgan fingerprint density at radius 2 is 1.24 bits per heavy atom. The maximum atomic E-state index is 13.1. The number of benzene rings is 2. The first-order valence-corrected chi connectivity index (χ1v) is 15.0. The van der Waals surface area contributed by atoms with Gasteiger partial charge in [0.1, 0.15) is 5.76 Å². The van der Waals surface area contributed by atoms with Gasteiger partial charge in [-0.2, -0.15) is 0 Å². The molecule has 0 aliphatic carbocycles. The number of Topliss-reactive ketones (excluding diaryl/α,β-unsaturated/α-hetero) is 1. The molecule has 1 atom stereocenters. The maximum Gasteiger partial charge on any atom is 0.295 e. The predicted molar refractivity (Wildman–Crippen MR) is 157 cm³/mol. The smallest absolute Gasteiger partial charge is 0.295 e. The van der Waals surface area contributed by atoms with Crippen molar-refractivity contribution in [1.82, 2.24) is 4.90 Å². The Labute approximate surface area is 234 Å². The number of carbonyl (C=O) groups is 2. The lowest BCUT2D eigenvalue weighted by Gasteiger charge is -2.25. The zero-order valence-electron chi connectivity index (χ0n) is 23.0. The van der Waals surface area contributed by atoms with Crippen molar-refractivity contribution in [3.63, 3.8) is 0 Å². The number of aliphatic hydroxyl groups excluding tert-OH is 1. The first-order valence-electron chi connectivity index (χ1n) is 14.6. The van der Waals surface area contributed by atoms with Gasteiger partial charge in [-0.05, 0) is 36.2 Å². The van der Waals surface area contributed by atoms with E-state index in [4.69, 9.17) is 11.6 Å². The summed E-state index contributed by atoms with van der Waals surface area (Å²) in [4.78, 5) is 27.8. The molecule has 1 aliphatic heterocycles. The molecule has 38 heavy (non-hydrogen) atoms. The van der Waals surface area contributed by atoms with Crippen LogP contribution < -0.4 is 0 Å². The zero-order chi connectivity index (χ0) is 27.2. The van der Waals surface area contributed by atoms with Gasteiger partial charge in [0.05, 0.1) is 11.6 Å². The minimum absolute atomic E-state index is 0.147. The van der Waals surface area contributed by atoms with Gasteiger partial charge in [-0.15, -0.1) is 0 Å². The van der Waals surface area contributed by atoms with Gasteiger partial charge in [0, 0.05) is 17.1 Å². The molecule has 0 saturated carbocycles. The summed E-state index contributed by atoms with van der Waals surface area (Å²) >= 11 is 6.00. The number of amides is 1. The van der Waals surface area contributed by atoms with Crippen molar-refractivity contribution in [3.05, 3.63) is 76.3 Å². The number of unbranched alkanes of at least 4 members (excludes halogenated alkanes) is 13. The highest BCUT2D eigenvalue weighted by Crippen LogP contribution is 2.39. The lowest BCUT2D eigenvalue weighted by Crippen LogP contribution is -2.30. The second-order valence-corrected chi connectivity index (χ2v) is 10.9. The number of likely N-dealkylation sites (tertiary alicyclic amines) is 1. The minimum atomic E-state index is -0.628. The molecule has 0 unspecified atom stereocenters. The van der Waals surface area contributed by atoms with Gasteiger partial charge in [0.2, 0.25) is 0 Å². The van der Waals surface area contributed by atoms with Crippen LogP contribution in [0, 0.1) is 0 Å². The van der Waals surface area contributed by atoms with E-state index in [0.717, 1.165) is 24.8 Å². The van der Waals surface area contributed by atoms with Crippen molar-refractivity contribution < 1.29 is 14.7 Å².